The van der Waals surface area contributed by atoms with Gasteiger partial charge in [0, 0.05) is 24.8 Å². The number of hydrogen-bond acceptors (Lipinski definition) is 5. The van der Waals surface area contributed by atoms with E-state index in [9.17, 15) is 9.90 Å². The maximum absolute atomic E-state index is 11.4. The maximum Gasteiger partial charge on any atom is 0.323 e. The van der Waals surface area contributed by atoms with E-state index in [-0.39, 0.29) is 6.54 Å². The number of anilines is 1. The fraction of sp³-hybridized carbons (Fsp3) is 0.278. The highest BCUT2D eigenvalue weighted by Gasteiger charge is 2.22. The third-order valence-corrected chi connectivity index (χ3v) is 4.33. The summed E-state index contributed by atoms with van der Waals surface area (Å²) in [5.41, 5.74) is 3.44. The molecule has 4 rings (SSSR count). The summed E-state index contributed by atoms with van der Waals surface area (Å²) < 4.78 is 7.14. The summed E-state index contributed by atoms with van der Waals surface area (Å²) >= 11 is 0. The number of fused-ring (bicyclic) bond motifs is 1. The molecule has 0 saturated carbocycles. The van der Waals surface area contributed by atoms with E-state index in [0.29, 0.717) is 13.2 Å². The van der Waals surface area contributed by atoms with Crippen molar-refractivity contribution in [2.24, 2.45) is 0 Å². The SMILES string of the molecule is O=C(O)Cn1cc(-c2ccccc2)c2ncnc(N3CCOCC3)c21. The molecule has 3 aromatic rings. The van der Waals surface area contributed by atoms with Gasteiger partial charge in [0.05, 0.1) is 13.2 Å². The van der Waals surface area contributed by atoms with Gasteiger partial charge in [0.2, 0.25) is 0 Å². The maximum atomic E-state index is 11.4. The molecule has 1 fully saturated rings. The average Bonchev–Trinajstić information content (AvgIpc) is 3.01. The zero-order valence-electron chi connectivity index (χ0n) is 13.6. The Morgan fingerprint density at radius 3 is 2.64 bits per heavy atom. The molecule has 0 bridgehead atoms. The van der Waals surface area contributed by atoms with Gasteiger partial charge in [-0.2, -0.15) is 0 Å². The first-order chi connectivity index (χ1) is 12.2. The fourth-order valence-electron chi connectivity index (χ4n) is 3.22. The molecule has 0 aliphatic carbocycles. The van der Waals surface area contributed by atoms with Crippen molar-refractivity contribution in [1.29, 1.82) is 0 Å². The highest BCUT2D eigenvalue weighted by Crippen LogP contribution is 2.33. The molecule has 1 aromatic carbocycles. The lowest BCUT2D eigenvalue weighted by molar-refractivity contribution is -0.137. The number of hydrogen-bond donors (Lipinski definition) is 1. The molecule has 7 nitrogen and oxygen atoms in total. The van der Waals surface area contributed by atoms with Crippen molar-refractivity contribution in [1.82, 2.24) is 14.5 Å². The molecule has 7 heteroatoms. The average molecular weight is 338 g/mol. The first kappa shape index (κ1) is 15.6. The molecule has 25 heavy (non-hydrogen) atoms. The first-order valence-corrected chi connectivity index (χ1v) is 8.18. The zero-order valence-corrected chi connectivity index (χ0v) is 13.6. The third-order valence-electron chi connectivity index (χ3n) is 4.33. The molecular weight excluding hydrogens is 320 g/mol. The Hall–Kier alpha value is -2.93. The highest BCUT2D eigenvalue weighted by molar-refractivity contribution is 5.99. The Morgan fingerprint density at radius 2 is 1.92 bits per heavy atom. The van der Waals surface area contributed by atoms with E-state index in [1.54, 1.807) is 10.9 Å². The lowest BCUT2D eigenvalue weighted by Crippen LogP contribution is -2.37. The van der Waals surface area contributed by atoms with Gasteiger partial charge in [-0.05, 0) is 5.56 Å². The van der Waals surface area contributed by atoms with Crippen LogP contribution < -0.4 is 4.90 Å². The Kier molecular flexibility index (Phi) is 4.07. The van der Waals surface area contributed by atoms with Crippen LogP contribution in [0.5, 0.6) is 0 Å². The minimum absolute atomic E-state index is 0.131. The summed E-state index contributed by atoms with van der Waals surface area (Å²) in [6.07, 6.45) is 3.40. The van der Waals surface area contributed by atoms with Gasteiger partial charge in [-0.25, -0.2) is 9.97 Å². The van der Waals surface area contributed by atoms with Crippen molar-refractivity contribution in [2.75, 3.05) is 31.2 Å². The van der Waals surface area contributed by atoms with E-state index in [4.69, 9.17) is 4.74 Å². The molecule has 0 atom stereocenters. The number of nitrogens with zero attached hydrogens (tertiary/aromatic N) is 4. The van der Waals surface area contributed by atoms with Crippen molar-refractivity contribution in [3.63, 3.8) is 0 Å². The van der Waals surface area contributed by atoms with Crippen LogP contribution in [0, 0.1) is 0 Å². The van der Waals surface area contributed by atoms with E-state index in [1.165, 1.54) is 0 Å². The first-order valence-electron chi connectivity index (χ1n) is 8.18. The summed E-state index contributed by atoms with van der Waals surface area (Å²) in [6.45, 7) is 2.59. The minimum Gasteiger partial charge on any atom is -0.480 e. The van der Waals surface area contributed by atoms with E-state index in [1.807, 2.05) is 36.5 Å². The van der Waals surface area contributed by atoms with Gasteiger partial charge in [-0.1, -0.05) is 30.3 Å². The largest absolute Gasteiger partial charge is 0.480 e. The van der Waals surface area contributed by atoms with E-state index in [2.05, 4.69) is 14.9 Å². The number of aliphatic carboxylic acids is 1. The molecule has 1 saturated heterocycles. The molecule has 0 amide bonds. The monoisotopic (exact) mass is 338 g/mol. The Balaban J connectivity index is 1.92. The second kappa shape index (κ2) is 6.52. The molecule has 1 aliphatic rings. The second-order valence-corrected chi connectivity index (χ2v) is 5.92. The predicted molar refractivity (Wildman–Crippen MR) is 93.6 cm³/mol. The number of carbonyl (C=O) groups is 1. The van der Waals surface area contributed by atoms with E-state index in [0.717, 1.165) is 41.1 Å². The molecular formula is C18H18N4O3. The van der Waals surface area contributed by atoms with Crippen molar-refractivity contribution in [3.8, 4) is 11.1 Å². The normalized spacial score (nSPS) is 14.8. The summed E-state index contributed by atoms with van der Waals surface area (Å²) in [4.78, 5) is 22.4. The second-order valence-electron chi connectivity index (χ2n) is 5.92. The summed E-state index contributed by atoms with van der Waals surface area (Å²) in [5, 5.41) is 9.31. The quantitative estimate of drug-likeness (QED) is 0.784. The molecule has 0 spiro atoms. The minimum atomic E-state index is -0.895. The van der Waals surface area contributed by atoms with Crippen LogP contribution in [0.2, 0.25) is 0 Å². The molecule has 0 radical (unpaired) electrons. The smallest absolute Gasteiger partial charge is 0.323 e. The predicted octanol–water partition coefficient (Wildman–Crippen LogP) is 2.02. The summed E-state index contributed by atoms with van der Waals surface area (Å²) in [7, 11) is 0. The molecule has 1 N–H and O–H groups in total. The Bertz CT molecular complexity index is 901. The fourth-order valence-corrected chi connectivity index (χ4v) is 3.22. The lowest BCUT2D eigenvalue weighted by atomic mass is 10.1. The van der Waals surface area contributed by atoms with Crippen LogP contribution in [0.25, 0.3) is 22.2 Å². The van der Waals surface area contributed by atoms with Crippen LogP contribution in [-0.4, -0.2) is 51.9 Å². The van der Waals surface area contributed by atoms with Crippen LogP contribution >= 0.6 is 0 Å². The van der Waals surface area contributed by atoms with Gasteiger partial charge < -0.3 is 19.3 Å². The van der Waals surface area contributed by atoms with E-state index < -0.39 is 5.97 Å². The molecule has 3 heterocycles. The Morgan fingerprint density at radius 1 is 1.16 bits per heavy atom. The number of benzene rings is 1. The van der Waals surface area contributed by atoms with Gasteiger partial charge in [0.1, 0.15) is 23.9 Å². The number of aromatic nitrogens is 3. The third kappa shape index (κ3) is 2.94. The number of carboxylic acids is 1. The Labute approximate surface area is 144 Å². The topological polar surface area (TPSA) is 80.5 Å². The number of rotatable bonds is 4. The van der Waals surface area contributed by atoms with Crippen LogP contribution in [0.3, 0.4) is 0 Å². The molecule has 1 aliphatic heterocycles. The van der Waals surface area contributed by atoms with Crippen LogP contribution in [-0.2, 0) is 16.1 Å². The van der Waals surface area contributed by atoms with Gasteiger partial charge in [-0.15, -0.1) is 0 Å². The standard InChI is InChI=1S/C18H18N4O3/c23-15(24)11-22-10-14(13-4-2-1-3-5-13)16-17(22)18(20-12-19-16)21-6-8-25-9-7-21/h1-5,10,12H,6-9,11H2,(H,23,24). The van der Waals surface area contributed by atoms with Gasteiger partial charge in [0.25, 0.3) is 0 Å². The summed E-state index contributed by atoms with van der Waals surface area (Å²) in [5.74, 6) is -0.134. The van der Waals surface area contributed by atoms with Crippen molar-refractivity contribution >= 4 is 22.8 Å². The molecule has 2 aromatic heterocycles. The number of ether oxygens (including phenoxy) is 1. The van der Waals surface area contributed by atoms with Crippen molar-refractivity contribution < 1.29 is 14.6 Å². The summed E-state index contributed by atoms with van der Waals surface area (Å²) in [6, 6.07) is 9.86. The molecule has 128 valence electrons. The van der Waals surface area contributed by atoms with Crippen molar-refractivity contribution in [2.45, 2.75) is 6.54 Å². The highest BCUT2D eigenvalue weighted by atomic mass is 16.5. The van der Waals surface area contributed by atoms with Crippen LogP contribution in [0.15, 0.2) is 42.9 Å². The van der Waals surface area contributed by atoms with Gasteiger partial charge >= 0.3 is 5.97 Å². The van der Waals surface area contributed by atoms with Crippen LogP contribution in [0.4, 0.5) is 5.82 Å². The van der Waals surface area contributed by atoms with Crippen molar-refractivity contribution in [3.05, 3.63) is 42.9 Å². The molecule has 0 unspecified atom stereocenters. The van der Waals surface area contributed by atoms with Gasteiger partial charge in [0.15, 0.2) is 5.82 Å². The number of morpholine rings is 1. The van der Waals surface area contributed by atoms with Gasteiger partial charge in [-0.3, -0.25) is 4.79 Å². The number of carboxylic acid groups (broad SMARTS) is 1. The van der Waals surface area contributed by atoms with Crippen LogP contribution in [0.1, 0.15) is 0 Å². The zero-order chi connectivity index (χ0) is 17.2. The van der Waals surface area contributed by atoms with E-state index >= 15 is 0 Å². The lowest BCUT2D eigenvalue weighted by Gasteiger charge is -2.28.